The van der Waals surface area contributed by atoms with Crippen molar-refractivity contribution in [1.82, 2.24) is 14.5 Å². The van der Waals surface area contributed by atoms with Gasteiger partial charge in [-0.3, -0.25) is 9.78 Å². The molecule has 0 radical (unpaired) electrons. The number of hydrogen-bond acceptors (Lipinski definition) is 5. The molecule has 6 aromatic rings. The molecule has 3 heterocycles. The van der Waals surface area contributed by atoms with E-state index in [9.17, 15) is 27.5 Å². The first kappa shape index (κ1) is 35.9. The average molecular weight is 716 g/mol. The largest absolute Gasteiger partial charge is 0.487 e. The number of hydrogen-bond donors (Lipinski definition) is 1. The number of thioether (sulfide) groups is 1. The summed E-state index contributed by atoms with van der Waals surface area (Å²) in [6.07, 6.45) is -3.03. The number of ether oxygens (including phenoxy) is 1. The number of carboxylic acid groups (broad SMARTS) is 1. The Kier molecular flexibility index (Phi) is 9.63. The summed E-state index contributed by atoms with van der Waals surface area (Å²) in [6.45, 7) is 10.4. The zero-order chi connectivity index (χ0) is 36.7. The molecule has 0 atom stereocenters. The van der Waals surface area contributed by atoms with Gasteiger partial charge >= 0.3 is 12.1 Å². The maximum absolute atomic E-state index is 13.7. The van der Waals surface area contributed by atoms with Crippen LogP contribution in [0.4, 0.5) is 17.6 Å². The Labute approximate surface area is 297 Å². The van der Waals surface area contributed by atoms with Crippen molar-refractivity contribution in [3.8, 4) is 16.9 Å². The highest BCUT2D eigenvalue weighted by Crippen LogP contribution is 2.44. The van der Waals surface area contributed by atoms with Crippen molar-refractivity contribution in [2.45, 2.75) is 70.0 Å². The predicted molar refractivity (Wildman–Crippen MR) is 192 cm³/mol. The van der Waals surface area contributed by atoms with E-state index < -0.39 is 23.3 Å². The number of pyridine rings is 2. The third-order valence-electron chi connectivity index (χ3n) is 8.47. The van der Waals surface area contributed by atoms with E-state index in [0.29, 0.717) is 34.5 Å². The van der Waals surface area contributed by atoms with Crippen LogP contribution >= 0.6 is 11.8 Å². The molecule has 264 valence electrons. The third kappa shape index (κ3) is 8.20. The van der Waals surface area contributed by atoms with Gasteiger partial charge in [-0.25, -0.2) is 9.37 Å². The minimum Gasteiger partial charge on any atom is -0.487 e. The van der Waals surface area contributed by atoms with E-state index in [1.807, 2.05) is 54.6 Å². The molecule has 0 spiro atoms. The van der Waals surface area contributed by atoms with Crippen LogP contribution < -0.4 is 4.74 Å². The lowest BCUT2D eigenvalue weighted by Crippen LogP contribution is -2.28. The summed E-state index contributed by atoms with van der Waals surface area (Å²) < 4.78 is 60.9. The predicted octanol–water partition coefficient (Wildman–Crippen LogP) is 10.6. The van der Waals surface area contributed by atoms with E-state index in [2.05, 4.69) is 35.3 Å². The molecule has 6 rings (SSSR count). The highest BCUT2D eigenvalue weighted by atomic mass is 32.2. The van der Waals surface area contributed by atoms with Crippen molar-refractivity contribution in [3.05, 3.63) is 120 Å². The van der Waals surface area contributed by atoms with E-state index in [1.54, 1.807) is 31.7 Å². The number of fused-ring (bicyclic) bond motifs is 2. The molecule has 3 aromatic heterocycles. The molecular weight excluding hydrogens is 679 g/mol. The number of halogens is 4. The fourth-order valence-corrected chi connectivity index (χ4v) is 7.00. The van der Waals surface area contributed by atoms with Crippen LogP contribution in [-0.4, -0.2) is 30.4 Å². The fraction of sp³-hybridized carbons (Fsp3) is 0.275. The number of benzene rings is 3. The van der Waals surface area contributed by atoms with Gasteiger partial charge in [-0.15, -0.1) is 11.8 Å². The highest BCUT2D eigenvalue weighted by molar-refractivity contribution is 8.00. The molecule has 0 fully saturated rings. The van der Waals surface area contributed by atoms with Crippen molar-refractivity contribution in [2.75, 3.05) is 0 Å². The Morgan fingerprint density at radius 2 is 1.61 bits per heavy atom. The molecule has 0 aliphatic carbocycles. The first-order chi connectivity index (χ1) is 24.0. The molecule has 0 aliphatic heterocycles. The van der Waals surface area contributed by atoms with Gasteiger partial charge in [-0.2, -0.15) is 13.2 Å². The van der Waals surface area contributed by atoms with E-state index in [0.717, 1.165) is 38.7 Å². The molecule has 0 bridgehead atoms. The normalized spacial score (nSPS) is 12.5. The number of aliphatic carboxylic acids is 1. The molecule has 11 heteroatoms. The van der Waals surface area contributed by atoms with Crippen molar-refractivity contribution < 1.29 is 32.2 Å². The maximum Gasteiger partial charge on any atom is 0.433 e. The van der Waals surface area contributed by atoms with Gasteiger partial charge < -0.3 is 14.4 Å². The van der Waals surface area contributed by atoms with Gasteiger partial charge in [-0.1, -0.05) is 57.2 Å². The molecule has 0 unspecified atom stereocenters. The minimum atomic E-state index is -4.51. The number of carboxylic acids is 1. The van der Waals surface area contributed by atoms with Crippen molar-refractivity contribution in [2.24, 2.45) is 5.41 Å². The van der Waals surface area contributed by atoms with Crippen molar-refractivity contribution in [3.63, 3.8) is 0 Å². The van der Waals surface area contributed by atoms with Gasteiger partial charge in [-0.05, 0) is 73.5 Å². The number of carbonyl (C=O) groups is 1. The van der Waals surface area contributed by atoms with E-state index in [-0.39, 0.29) is 23.6 Å². The van der Waals surface area contributed by atoms with Crippen LogP contribution in [0, 0.1) is 11.2 Å². The summed E-state index contributed by atoms with van der Waals surface area (Å²) in [4.78, 5) is 21.6. The summed E-state index contributed by atoms with van der Waals surface area (Å²) >= 11 is 1.67. The molecule has 51 heavy (non-hydrogen) atoms. The van der Waals surface area contributed by atoms with E-state index in [1.165, 1.54) is 24.4 Å². The summed E-state index contributed by atoms with van der Waals surface area (Å²) in [5, 5.41) is 11.8. The Morgan fingerprint density at radius 3 is 2.25 bits per heavy atom. The molecule has 1 N–H and O–H groups in total. The molecule has 0 saturated carbocycles. The van der Waals surface area contributed by atoms with Gasteiger partial charge in [0.1, 0.15) is 23.9 Å². The number of alkyl halides is 3. The SMILES string of the molecule is CC(C)(C)Sc1c(CC(C)(C)C(=O)O)n(Cc2ccc(-c3ccc(C(F)(F)F)nc3)cc2)c2ccc(OCc3ccc4cc(F)ccc4n3)cc12. The van der Waals surface area contributed by atoms with Crippen LogP contribution in [0.25, 0.3) is 32.9 Å². The Hall–Kier alpha value is -4.90. The minimum absolute atomic E-state index is 0.195. The fourth-order valence-electron chi connectivity index (χ4n) is 5.81. The molecule has 3 aromatic carbocycles. The van der Waals surface area contributed by atoms with Crippen LogP contribution in [-0.2, 0) is 30.5 Å². The first-order valence-corrected chi connectivity index (χ1v) is 17.2. The number of aromatic nitrogens is 3. The topological polar surface area (TPSA) is 77.2 Å². The van der Waals surface area contributed by atoms with E-state index in [4.69, 9.17) is 4.74 Å². The first-order valence-electron chi connectivity index (χ1n) is 16.3. The van der Waals surface area contributed by atoms with Gasteiger partial charge in [0, 0.05) is 56.4 Å². The lowest BCUT2D eigenvalue weighted by molar-refractivity contribution is -0.147. The summed E-state index contributed by atoms with van der Waals surface area (Å²) in [7, 11) is 0. The van der Waals surface area contributed by atoms with Gasteiger partial charge in [0.15, 0.2) is 0 Å². The molecular formula is C40H37F4N3O3S. The Morgan fingerprint density at radius 1 is 0.882 bits per heavy atom. The molecule has 0 saturated heterocycles. The monoisotopic (exact) mass is 715 g/mol. The third-order valence-corrected chi connectivity index (χ3v) is 9.74. The number of nitrogens with zero attached hydrogens (tertiary/aromatic N) is 3. The lowest BCUT2D eigenvalue weighted by atomic mass is 9.88. The molecule has 0 aliphatic rings. The van der Waals surface area contributed by atoms with Gasteiger partial charge in [0.25, 0.3) is 0 Å². The standard InChI is InChI=1S/C40H37F4N3O3S/c1-38(2,3)51-36-31-19-30(50-23-29-13-10-26-18-28(41)12-15-32(26)46-29)14-16-33(31)47(34(36)20-39(4,5)37(48)49)22-24-6-8-25(9-7-24)27-11-17-35(45-21-27)40(42,43)44/h6-19,21H,20,22-23H2,1-5H3,(H,48,49). The number of rotatable bonds is 10. The van der Waals surface area contributed by atoms with Crippen LogP contribution in [0.3, 0.4) is 0 Å². The van der Waals surface area contributed by atoms with Gasteiger partial charge in [0.2, 0.25) is 0 Å². The quantitative estimate of drug-likeness (QED) is 0.112. The molecule has 6 nitrogen and oxygen atoms in total. The highest BCUT2D eigenvalue weighted by Gasteiger charge is 2.33. The van der Waals surface area contributed by atoms with Crippen LogP contribution in [0.5, 0.6) is 5.75 Å². The van der Waals surface area contributed by atoms with Crippen molar-refractivity contribution in [1.29, 1.82) is 0 Å². The van der Waals surface area contributed by atoms with Crippen LogP contribution in [0.1, 0.15) is 57.3 Å². The molecule has 0 amide bonds. The van der Waals surface area contributed by atoms with Crippen LogP contribution in [0.2, 0.25) is 0 Å². The zero-order valence-electron chi connectivity index (χ0n) is 28.8. The smallest absolute Gasteiger partial charge is 0.433 e. The van der Waals surface area contributed by atoms with Gasteiger partial charge in [0.05, 0.1) is 16.6 Å². The zero-order valence-corrected chi connectivity index (χ0v) is 29.6. The summed E-state index contributed by atoms with van der Waals surface area (Å²) in [5.41, 5.74) is 3.36. The van der Waals surface area contributed by atoms with Crippen molar-refractivity contribution >= 4 is 39.5 Å². The second-order valence-electron chi connectivity index (χ2n) is 14.2. The maximum atomic E-state index is 13.7. The second kappa shape index (κ2) is 13.7. The Balaban J connectivity index is 1.37. The lowest BCUT2D eigenvalue weighted by Gasteiger charge is -2.24. The van der Waals surface area contributed by atoms with E-state index >= 15 is 0 Å². The second-order valence-corrected chi connectivity index (χ2v) is 16.0. The Bertz CT molecular complexity index is 2220. The summed E-state index contributed by atoms with van der Waals surface area (Å²) in [6, 6.07) is 23.8. The average Bonchev–Trinajstić information content (AvgIpc) is 3.32. The summed E-state index contributed by atoms with van der Waals surface area (Å²) in [5.74, 6) is -0.610. The van der Waals surface area contributed by atoms with Crippen LogP contribution in [0.15, 0.2) is 96.0 Å².